The quantitative estimate of drug-likeness (QED) is 0.643. The molecule has 24 heavy (non-hydrogen) atoms. The number of carbonyl (C=O) groups excluding carboxylic acids is 2. The van der Waals surface area contributed by atoms with Crippen molar-refractivity contribution in [2.75, 3.05) is 44.6 Å². The van der Waals surface area contributed by atoms with E-state index in [0.717, 1.165) is 30.9 Å². The number of anilines is 1. The smallest absolute Gasteiger partial charge is 0.243 e. The first-order chi connectivity index (χ1) is 11.6. The minimum absolute atomic E-state index is 0.0941. The third-order valence-corrected chi connectivity index (χ3v) is 3.95. The highest BCUT2D eigenvalue weighted by atomic mass is 16.5. The zero-order valence-electron chi connectivity index (χ0n) is 14.1. The van der Waals surface area contributed by atoms with E-state index >= 15 is 0 Å². The normalized spacial score (nSPS) is 14.4. The topological polar surface area (TPSA) is 96.7 Å². The number of nitrogens with one attached hydrogen (secondary N) is 2. The van der Waals surface area contributed by atoms with E-state index in [9.17, 15) is 9.59 Å². The number of hydrogen-bond donors (Lipinski definition) is 3. The first-order valence-corrected chi connectivity index (χ1v) is 8.31. The van der Waals surface area contributed by atoms with E-state index in [1.165, 1.54) is 12.8 Å². The molecule has 0 saturated carbocycles. The van der Waals surface area contributed by atoms with Gasteiger partial charge in [0.1, 0.15) is 12.4 Å². The minimum atomic E-state index is -0.358. The van der Waals surface area contributed by atoms with Gasteiger partial charge in [0, 0.05) is 12.2 Å². The van der Waals surface area contributed by atoms with Crippen molar-refractivity contribution in [3.63, 3.8) is 0 Å². The molecule has 0 bridgehead atoms. The summed E-state index contributed by atoms with van der Waals surface area (Å²) in [4.78, 5) is 25.2. The minimum Gasteiger partial charge on any atom is -0.492 e. The fourth-order valence-corrected chi connectivity index (χ4v) is 2.64. The van der Waals surface area contributed by atoms with Crippen LogP contribution in [0.1, 0.15) is 18.4 Å². The number of nitrogens with two attached hydrogens (primary N) is 1. The van der Waals surface area contributed by atoms with Crippen molar-refractivity contribution in [1.29, 1.82) is 0 Å². The summed E-state index contributed by atoms with van der Waals surface area (Å²) in [5, 5.41) is 5.16. The highest BCUT2D eigenvalue weighted by Gasteiger charge is 2.11. The fraction of sp³-hybridized carbons (Fsp3) is 0.529. The van der Waals surface area contributed by atoms with Crippen molar-refractivity contribution >= 4 is 17.5 Å². The van der Waals surface area contributed by atoms with Crippen LogP contribution in [0.15, 0.2) is 18.2 Å². The van der Waals surface area contributed by atoms with Crippen LogP contribution in [0.25, 0.3) is 0 Å². The molecule has 2 rings (SSSR count). The largest absolute Gasteiger partial charge is 0.492 e. The Labute approximate surface area is 142 Å². The number of rotatable bonds is 8. The first kappa shape index (κ1) is 18.2. The van der Waals surface area contributed by atoms with Crippen LogP contribution < -0.4 is 21.1 Å². The van der Waals surface area contributed by atoms with Crippen LogP contribution in [0.2, 0.25) is 0 Å². The van der Waals surface area contributed by atoms with Gasteiger partial charge in [-0.1, -0.05) is 0 Å². The molecular weight excluding hydrogens is 308 g/mol. The van der Waals surface area contributed by atoms with Gasteiger partial charge in [-0.05, 0) is 56.6 Å². The highest BCUT2D eigenvalue weighted by Crippen LogP contribution is 2.22. The van der Waals surface area contributed by atoms with Crippen LogP contribution >= 0.6 is 0 Å². The maximum Gasteiger partial charge on any atom is 0.243 e. The number of carbonyl (C=O) groups is 2. The molecule has 1 aliphatic heterocycles. The number of benzene rings is 1. The second-order valence-electron chi connectivity index (χ2n) is 5.91. The Bertz CT molecular complexity index is 571. The van der Waals surface area contributed by atoms with Gasteiger partial charge in [-0.15, -0.1) is 0 Å². The number of likely N-dealkylation sites (tertiary alicyclic amines) is 1. The second kappa shape index (κ2) is 9.24. The molecule has 1 aromatic carbocycles. The molecule has 0 atom stereocenters. The number of hydrogen-bond acceptors (Lipinski definition) is 5. The lowest BCUT2D eigenvalue weighted by atomic mass is 10.2. The summed E-state index contributed by atoms with van der Waals surface area (Å²) in [6.07, 6.45) is 2.55. The SMILES string of the molecule is Cc1cc(NC(=O)CNC(=O)CN)ccc1OCCN1CCCC1. The number of amides is 2. The number of ether oxygens (including phenoxy) is 1. The molecule has 1 heterocycles. The summed E-state index contributed by atoms with van der Waals surface area (Å²) in [6, 6.07) is 5.50. The summed E-state index contributed by atoms with van der Waals surface area (Å²) in [7, 11) is 0. The molecule has 1 fully saturated rings. The van der Waals surface area contributed by atoms with E-state index in [0.29, 0.717) is 12.3 Å². The van der Waals surface area contributed by atoms with Gasteiger partial charge in [0.15, 0.2) is 0 Å². The monoisotopic (exact) mass is 334 g/mol. The lowest BCUT2D eigenvalue weighted by molar-refractivity contribution is -0.123. The zero-order chi connectivity index (χ0) is 17.4. The van der Waals surface area contributed by atoms with E-state index in [1.54, 1.807) is 6.07 Å². The standard InChI is InChI=1S/C17H26N4O3/c1-13-10-14(20-17(23)12-19-16(22)11-18)4-5-15(13)24-9-8-21-6-2-3-7-21/h4-5,10H,2-3,6-9,11-12,18H2,1H3,(H,19,22)(H,20,23). The zero-order valence-corrected chi connectivity index (χ0v) is 14.1. The summed E-state index contributed by atoms with van der Waals surface area (Å²) >= 11 is 0. The van der Waals surface area contributed by atoms with Crippen LogP contribution in [-0.4, -0.2) is 56.0 Å². The third-order valence-electron chi connectivity index (χ3n) is 3.95. The van der Waals surface area contributed by atoms with Crippen molar-refractivity contribution in [1.82, 2.24) is 10.2 Å². The van der Waals surface area contributed by atoms with Gasteiger partial charge in [-0.25, -0.2) is 0 Å². The van der Waals surface area contributed by atoms with Gasteiger partial charge >= 0.3 is 0 Å². The maximum atomic E-state index is 11.7. The molecule has 0 aromatic heterocycles. The molecule has 7 heteroatoms. The Morgan fingerprint density at radius 1 is 1.25 bits per heavy atom. The Hall–Kier alpha value is -2.12. The molecule has 1 aliphatic rings. The lowest BCUT2D eigenvalue weighted by Gasteiger charge is -2.16. The van der Waals surface area contributed by atoms with Crippen LogP contribution in [0.5, 0.6) is 5.75 Å². The molecule has 132 valence electrons. The van der Waals surface area contributed by atoms with Crippen LogP contribution in [0.3, 0.4) is 0 Å². The van der Waals surface area contributed by atoms with E-state index in [2.05, 4.69) is 15.5 Å². The van der Waals surface area contributed by atoms with Gasteiger partial charge in [0.05, 0.1) is 13.1 Å². The summed E-state index contributed by atoms with van der Waals surface area (Å²) in [6.45, 7) is 5.65. The molecule has 7 nitrogen and oxygen atoms in total. The predicted molar refractivity (Wildman–Crippen MR) is 93.0 cm³/mol. The maximum absolute atomic E-state index is 11.7. The van der Waals surface area contributed by atoms with Crippen LogP contribution in [0.4, 0.5) is 5.69 Å². The summed E-state index contributed by atoms with van der Waals surface area (Å²) < 4.78 is 5.83. The fourth-order valence-electron chi connectivity index (χ4n) is 2.64. The average Bonchev–Trinajstić information content (AvgIpc) is 3.08. The molecule has 0 unspecified atom stereocenters. The second-order valence-corrected chi connectivity index (χ2v) is 5.91. The Kier molecular flexibility index (Phi) is 7.02. The van der Waals surface area contributed by atoms with Gasteiger partial charge in [-0.3, -0.25) is 14.5 Å². The number of nitrogens with zero attached hydrogens (tertiary/aromatic N) is 1. The van der Waals surface area contributed by atoms with Crippen LogP contribution in [0, 0.1) is 6.92 Å². The van der Waals surface area contributed by atoms with E-state index in [4.69, 9.17) is 10.5 Å². The lowest BCUT2D eigenvalue weighted by Crippen LogP contribution is -2.36. The van der Waals surface area contributed by atoms with Crippen molar-refractivity contribution in [2.45, 2.75) is 19.8 Å². The van der Waals surface area contributed by atoms with Crippen LogP contribution in [-0.2, 0) is 9.59 Å². The Morgan fingerprint density at radius 3 is 2.67 bits per heavy atom. The van der Waals surface area contributed by atoms with Crippen molar-refractivity contribution < 1.29 is 14.3 Å². The van der Waals surface area contributed by atoms with E-state index in [1.807, 2.05) is 19.1 Å². The molecule has 1 aromatic rings. The van der Waals surface area contributed by atoms with E-state index in [-0.39, 0.29) is 24.9 Å². The van der Waals surface area contributed by atoms with E-state index < -0.39 is 0 Å². The average molecular weight is 334 g/mol. The molecule has 0 radical (unpaired) electrons. The highest BCUT2D eigenvalue weighted by molar-refractivity contribution is 5.94. The van der Waals surface area contributed by atoms with Gasteiger partial charge in [0.25, 0.3) is 0 Å². The van der Waals surface area contributed by atoms with Gasteiger partial charge in [-0.2, -0.15) is 0 Å². The number of aryl methyl sites for hydroxylation is 1. The van der Waals surface area contributed by atoms with Crippen molar-refractivity contribution in [2.24, 2.45) is 5.73 Å². The predicted octanol–water partition coefficient (Wildman–Crippen LogP) is 0.483. The third kappa shape index (κ3) is 5.82. The molecule has 2 amide bonds. The summed E-state index contributed by atoms with van der Waals surface area (Å²) in [5.41, 5.74) is 6.80. The Balaban J connectivity index is 1.78. The van der Waals surface area contributed by atoms with Gasteiger partial charge < -0.3 is 21.1 Å². The first-order valence-electron chi connectivity index (χ1n) is 8.31. The van der Waals surface area contributed by atoms with Gasteiger partial charge in [0.2, 0.25) is 11.8 Å². The molecule has 0 spiro atoms. The molecule has 0 aliphatic carbocycles. The van der Waals surface area contributed by atoms with Crippen molar-refractivity contribution in [3.8, 4) is 5.75 Å². The molecular formula is C17H26N4O3. The molecule has 4 N–H and O–H groups in total. The molecule has 1 saturated heterocycles. The summed E-state index contributed by atoms with van der Waals surface area (Å²) in [5.74, 6) is 0.172. The van der Waals surface area contributed by atoms with Crippen molar-refractivity contribution in [3.05, 3.63) is 23.8 Å². The Morgan fingerprint density at radius 2 is 2.00 bits per heavy atom.